The molecule has 6 heteroatoms. The molecule has 2 heterocycles. The van der Waals surface area contributed by atoms with Crippen LogP contribution in [0.3, 0.4) is 0 Å². The second kappa shape index (κ2) is 7.74. The van der Waals surface area contributed by atoms with Gasteiger partial charge in [0, 0.05) is 27.8 Å². The van der Waals surface area contributed by atoms with Crippen molar-refractivity contribution in [3.05, 3.63) is 83.1 Å². The van der Waals surface area contributed by atoms with Crippen molar-refractivity contribution in [2.45, 2.75) is 13.3 Å². The maximum atomic E-state index is 12.4. The molecule has 0 aliphatic rings. The third-order valence-electron chi connectivity index (χ3n) is 4.54. The summed E-state index contributed by atoms with van der Waals surface area (Å²) in [6.45, 7) is 2.00. The summed E-state index contributed by atoms with van der Waals surface area (Å²) in [7, 11) is 0. The highest BCUT2D eigenvalue weighted by atomic mass is 35.5. The van der Waals surface area contributed by atoms with Crippen molar-refractivity contribution in [1.29, 1.82) is 0 Å². The maximum absolute atomic E-state index is 12.4. The number of aromatic amines is 1. The minimum Gasteiger partial charge on any atom is -0.361 e. The lowest BCUT2D eigenvalue weighted by molar-refractivity contribution is -0.115. The Hall–Kier alpha value is -3.31. The molecule has 0 bridgehead atoms. The molecule has 0 radical (unpaired) electrons. The fourth-order valence-electron chi connectivity index (χ4n) is 3.06. The molecule has 2 aromatic carbocycles. The molecule has 140 valence electrons. The Kier molecular flexibility index (Phi) is 5.00. The molecule has 0 atom stereocenters. The largest absolute Gasteiger partial charge is 0.361 e. The first-order valence-electron chi connectivity index (χ1n) is 8.92. The molecule has 3 N–H and O–H groups in total. The molecule has 0 aliphatic carbocycles. The number of hydrogen-bond donors (Lipinski definition) is 3. The van der Waals surface area contributed by atoms with Crippen molar-refractivity contribution < 1.29 is 4.79 Å². The number of aryl methyl sites for hydroxylation is 1. The van der Waals surface area contributed by atoms with E-state index in [1.54, 1.807) is 6.20 Å². The Labute approximate surface area is 167 Å². The van der Waals surface area contributed by atoms with Crippen molar-refractivity contribution in [2.75, 3.05) is 10.6 Å². The second-order valence-electron chi connectivity index (χ2n) is 6.60. The normalized spacial score (nSPS) is 10.8. The number of carbonyl (C=O) groups is 1. The average Bonchev–Trinajstić information content (AvgIpc) is 3.09. The van der Waals surface area contributed by atoms with E-state index in [9.17, 15) is 4.79 Å². The van der Waals surface area contributed by atoms with Gasteiger partial charge in [-0.3, -0.25) is 4.79 Å². The first-order valence-corrected chi connectivity index (χ1v) is 9.30. The lowest BCUT2D eigenvalue weighted by Crippen LogP contribution is -2.14. The van der Waals surface area contributed by atoms with Crippen molar-refractivity contribution in [3.63, 3.8) is 0 Å². The van der Waals surface area contributed by atoms with Crippen LogP contribution >= 0.6 is 11.6 Å². The lowest BCUT2D eigenvalue weighted by atomic mass is 10.1. The molecule has 0 unspecified atom stereocenters. The molecule has 4 aromatic rings. The highest BCUT2D eigenvalue weighted by Gasteiger charge is 2.09. The summed E-state index contributed by atoms with van der Waals surface area (Å²) in [6, 6.07) is 17.2. The van der Waals surface area contributed by atoms with E-state index in [1.807, 2.05) is 67.7 Å². The molecule has 0 fully saturated rings. The second-order valence-corrected chi connectivity index (χ2v) is 7.04. The number of rotatable bonds is 5. The molecule has 1 amide bonds. The van der Waals surface area contributed by atoms with Crippen LogP contribution in [0.4, 0.5) is 17.2 Å². The number of anilines is 3. The molecule has 0 saturated carbocycles. The Morgan fingerprint density at radius 3 is 2.82 bits per heavy atom. The van der Waals surface area contributed by atoms with Gasteiger partial charge in [0.2, 0.25) is 5.91 Å². The van der Waals surface area contributed by atoms with Crippen LogP contribution in [0.5, 0.6) is 0 Å². The van der Waals surface area contributed by atoms with Gasteiger partial charge in [-0.15, -0.1) is 0 Å². The number of amides is 1. The van der Waals surface area contributed by atoms with Gasteiger partial charge in [-0.2, -0.15) is 0 Å². The Morgan fingerprint density at radius 2 is 2.00 bits per heavy atom. The smallest absolute Gasteiger partial charge is 0.228 e. The molecule has 0 aliphatic heterocycles. The first kappa shape index (κ1) is 18.1. The minimum absolute atomic E-state index is 0.0852. The Balaban J connectivity index is 1.41. The summed E-state index contributed by atoms with van der Waals surface area (Å²) in [5, 5.41) is 7.85. The van der Waals surface area contributed by atoms with E-state index in [-0.39, 0.29) is 5.91 Å². The number of nitrogens with one attached hydrogen (secondary N) is 3. The third kappa shape index (κ3) is 4.00. The third-order valence-corrected chi connectivity index (χ3v) is 4.77. The van der Waals surface area contributed by atoms with E-state index >= 15 is 0 Å². The van der Waals surface area contributed by atoms with Gasteiger partial charge in [0.15, 0.2) is 0 Å². The van der Waals surface area contributed by atoms with Crippen LogP contribution in [0, 0.1) is 6.92 Å². The number of carbonyl (C=O) groups excluding carboxylic acids is 1. The number of aromatic nitrogens is 2. The van der Waals surface area contributed by atoms with Crippen LogP contribution in [0.1, 0.15) is 11.1 Å². The van der Waals surface area contributed by atoms with Crippen LogP contribution in [0.25, 0.3) is 10.9 Å². The van der Waals surface area contributed by atoms with E-state index in [0.29, 0.717) is 22.9 Å². The summed E-state index contributed by atoms with van der Waals surface area (Å²) in [6.07, 6.45) is 3.81. The predicted molar refractivity (Wildman–Crippen MR) is 114 cm³/mol. The summed E-state index contributed by atoms with van der Waals surface area (Å²) in [4.78, 5) is 20.0. The zero-order valence-corrected chi connectivity index (χ0v) is 16.0. The van der Waals surface area contributed by atoms with Gasteiger partial charge in [0.25, 0.3) is 0 Å². The molecule has 4 rings (SSSR count). The Morgan fingerprint density at radius 1 is 1.14 bits per heavy atom. The molecule has 5 nitrogen and oxygen atoms in total. The number of hydrogen-bond acceptors (Lipinski definition) is 3. The van der Waals surface area contributed by atoms with Crippen LogP contribution in [-0.2, 0) is 11.2 Å². The van der Waals surface area contributed by atoms with Crippen LogP contribution in [0.15, 0.2) is 67.0 Å². The van der Waals surface area contributed by atoms with Crippen LogP contribution in [0.2, 0.25) is 5.02 Å². The average molecular weight is 391 g/mol. The first-order chi connectivity index (χ1) is 13.6. The number of halogens is 1. The number of para-hydroxylation sites is 1. The fourth-order valence-corrected chi connectivity index (χ4v) is 3.24. The molecule has 0 saturated heterocycles. The monoisotopic (exact) mass is 390 g/mol. The van der Waals surface area contributed by atoms with E-state index in [1.165, 1.54) is 0 Å². The van der Waals surface area contributed by atoms with Gasteiger partial charge >= 0.3 is 0 Å². The van der Waals surface area contributed by atoms with E-state index in [4.69, 9.17) is 11.6 Å². The summed E-state index contributed by atoms with van der Waals surface area (Å²) < 4.78 is 0. The Bertz CT molecular complexity index is 1130. The standard InChI is InChI=1S/C22H19ClN4O/c1-14-6-7-16(23)11-20(14)27-21-9-8-17(13-25-21)26-22(28)10-15-12-24-19-5-3-2-4-18(15)19/h2-9,11-13,24H,10H2,1H3,(H,25,27)(H,26,28). The number of H-pyrrole nitrogens is 1. The highest BCUT2D eigenvalue weighted by molar-refractivity contribution is 6.30. The van der Waals surface area contributed by atoms with Crippen molar-refractivity contribution in [1.82, 2.24) is 9.97 Å². The van der Waals surface area contributed by atoms with E-state index in [0.717, 1.165) is 27.7 Å². The summed E-state index contributed by atoms with van der Waals surface area (Å²) >= 11 is 6.05. The van der Waals surface area contributed by atoms with Gasteiger partial charge in [-0.25, -0.2) is 4.98 Å². The zero-order chi connectivity index (χ0) is 19.5. The van der Waals surface area contributed by atoms with Crippen molar-refractivity contribution in [2.24, 2.45) is 0 Å². The molecule has 2 aromatic heterocycles. The summed E-state index contributed by atoms with van der Waals surface area (Å²) in [5.41, 5.74) is 4.62. The SMILES string of the molecule is Cc1ccc(Cl)cc1Nc1ccc(NC(=O)Cc2c[nH]c3ccccc23)cn1. The topological polar surface area (TPSA) is 69.8 Å². The quantitative estimate of drug-likeness (QED) is 0.424. The number of pyridine rings is 1. The van der Waals surface area contributed by atoms with Gasteiger partial charge in [-0.1, -0.05) is 35.9 Å². The van der Waals surface area contributed by atoms with Gasteiger partial charge in [-0.05, 0) is 48.4 Å². The van der Waals surface area contributed by atoms with Crippen LogP contribution in [-0.4, -0.2) is 15.9 Å². The summed E-state index contributed by atoms with van der Waals surface area (Å²) in [5.74, 6) is 0.595. The fraction of sp³-hybridized carbons (Fsp3) is 0.0909. The maximum Gasteiger partial charge on any atom is 0.228 e. The van der Waals surface area contributed by atoms with Crippen LogP contribution < -0.4 is 10.6 Å². The number of benzene rings is 2. The van der Waals surface area contributed by atoms with Gasteiger partial charge < -0.3 is 15.6 Å². The lowest BCUT2D eigenvalue weighted by Gasteiger charge is -2.10. The molecular weight excluding hydrogens is 372 g/mol. The van der Waals surface area contributed by atoms with Crippen molar-refractivity contribution in [3.8, 4) is 0 Å². The number of nitrogens with zero attached hydrogens (tertiary/aromatic N) is 1. The zero-order valence-electron chi connectivity index (χ0n) is 15.3. The predicted octanol–water partition coefficient (Wildman–Crippen LogP) is 5.45. The van der Waals surface area contributed by atoms with Gasteiger partial charge in [0.05, 0.1) is 18.3 Å². The molecule has 28 heavy (non-hydrogen) atoms. The van der Waals surface area contributed by atoms with Crippen molar-refractivity contribution >= 4 is 45.6 Å². The van der Waals surface area contributed by atoms with E-state index in [2.05, 4.69) is 20.6 Å². The molecule has 0 spiro atoms. The number of fused-ring (bicyclic) bond motifs is 1. The minimum atomic E-state index is -0.0852. The van der Waals surface area contributed by atoms with Gasteiger partial charge in [0.1, 0.15) is 5.82 Å². The van der Waals surface area contributed by atoms with E-state index < -0.39 is 0 Å². The molecular formula is C22H19ClN4O. The highest BCUT2D eigenvalue weighted by Crippen LogP contribution is 2.24.